The number of carbonyl (C=O) groups excluding carboxylic acids is 3. The van der Waals surface area contributed by atoms with Crippen molar-refractivity contribution in [2.24, 2.45) is 17.8 Å². The van der Waals surface area contributed by atoms with Gasteiger partial charge in [-0.15, -0.1) is 0 Å². The summed E-state index contributed by atoms with van der Waals surface area (Å²) in [6.07, 6.45) is 2.37. The van der Waals surface area contributed by atoms with Crippen molar-refractivity contribution in [3.05, 3.63) is 0 Å². The van der Waals surface area contributed by atoms with Crippen molar-refractivity contribution in [3.63, 3.8) is 0 Å². The fourth-order valence-electron chi connectivity index (χ4n) is 7.92. The third kappa shape index (κ3) is 9.15. The number of esters is 3. The Labute approximate surface area is 265 Å². The molecule has 3 saturated heterocycles. The largest absolute Gasteiger partial charge is 0.464 e. The first-order valence-electron chi connectivity index (χ1n) is 16.1. The van der Waals surface area contributed by atoms with Crippen LogP contribution in [0.1, 0.15) is 102 Å². The van der Waals surface area contributed by atoms with Crippen LogP contribution in [0.3, 0.4) is 0 Å². The van der Waals surface area contributed by atoms with Crippen LogP contribution in [0.25, 0.3) is 0 Å². The summed E-state index contributed by atoms with van der Waals surface area (Å²) < 4.78 is 17.0. The van der Waals surface area contributed by atoms with E-state index in [1.165, 1.54) is 9.96 Å². The van der Waals surface area contributed by atoms with Crippen molar-refractivity contribution in [1.82, 2.24) is 20.6 Å². The number of ether oxygens (including phenoxy) is 3. The predicted molar refractivity (Wildman–Crippen MR) is 168 cm³/mol. The van der Waals surface area contributed by atoms with Gasteiger partial charge >= 0.3 is 17.9 Å². The van der Waals surface area contributed by atoms with Crippen LogP contribution in [0.2, 0.25) is 0 Å². The summed E-state index contributed by atoms with van der Waals surface area (Å²) in [4.78, 5) is 40.4. The molecular formula is C33H60N4O7. The van der Waals surface area contributed by atoms with E-state index in [0.717, 1.165) is 12.8 Å². The molecule has 3 rings (SSSR count). The van der Waals surface area contributed by atoms with E-state index in [0.29, 0.717) is 6.42 Å². The summed E-state index contributed by atoms with van der Waals surface area (Å²) >= 11 is 0. The van der Waals surface area contributed by atoms with E-state index in [-0.39, 0.29) is 79.4 Å². The third-order valence-electron chi connectivity index (χ3n) is 10.1. The Morgan fingerprint density at radius 2 is 0.977 bits per heavy atom. The number of hydrogen-bond donors (Lipinski definition) is 3. The molecule has 11 heteroatoms. The first kappa shape index (κ1) is 36.7. The molecule has 3 aliphatic heterocycles. The normalized spacial score (nSPS) is 29.5. The third-order valence-corrected chi connectivity index (χ3v) is 10.1. The van der Waals surface area contributed by atoms with Gasteiger partial charge in [-0.3, -0.25) is 19.3 Å². The van der Waals surface area contributed by atoms with Gasteiger partial charge in [-0.2, -0.15) is 5.06 Å². The first-order valence-corrected chi connectivity index (χ1v) is 16.1. The number of rotatable bonds is 12. The Hall–Kier alpha value is -1.79. The summed E-state index contributed by atoms with van der Waals surface area (Å²) in [5.41, 5.74) is -1.53. The molecule has 3 N–H and O–H groups in total. The maximum Gasteiger partial charge on any atom is 0.320 e. The van der Waals surface area contributed by atoms with Crippen LogP contribution in [-0.4, -0.2) is 106 Å². The van der Waals surface area contributed by atoms with E-state index in [2.05, 4.69) is 66.0 Å². The fraction of sp³-hybridized carbons (Fsp3) is 0.909. The van der Waals surface area contributed by atoms with Crippen LogP contribution < -0.4 is 10.6 Å². The molecule has 0 radical (unpaired) electrons. The van der Waals surface area contributed by atoms with Gasteiger partial charge in [0.1, 0.15) is 0 Å². The molecule has 11 nitrogen and oxygen atoms in total. The van der Waals surface area contributed by atoms with Crippen molar-refractivity contribution in [2.75, 3.05) is 39.5 Å². The SMILES string of the molecule is CC1(C)CC(COC(=O)CN(CC(=O)OCC2CC(C)(C)NC2(C)C)CC(=O)OCC2CC(C)(C)N(O)C2(C)C)C(C)(C)N1. The summed E-state index contributed by atoms with van der Waals surface area (Å²) in [7, 11) is 0. The van der Waals surface area contributed by atoms with E-state index in [4.69, 9.17) is 14.2 Å². The lowest BCUT2D eigenvalue weighted by atomic mass is 9.88. The van der Waals surface area contributed by atoms with E-state index >= 15 is 0 Å². The Morgan fingerprint density at radius 3 is 1.25 bits per heavy atom. The average Bonchev–Trinajstić information content (AvgIpc) is 3.27. The summed E-state index contributed by atoms with van der Waals surface area (Å²) in [6.45, 7) is 24.5. The highest BCUT2D eigenvalue weighted by molar-refractivity contribution is 5.78. The maximum absolute atomic E-state index is 13.0. The summed E-state index contributed by atoms with van der Waals surface area (Å²) in [6, 6.07) is 0. The minimum atomic E-state index is -0.577. The smallest absolute Gasteiger partial charge is 0.320 e. The van der Waals surface area contributed by atoms with Gasteiger partial charge in [-0.25, -0.2) is 0 Å². The Morgan fingerprint density at radius 1 is 0.636 bits per heavy atom. The lowest BCUT2D eigenvalue weighted by molar-refractivity contribution is -0.199. The molecule has 3 fully saturated rings. The van der Waals surface area contributed by atoms with Gasteiger partial charge in [0.2, 0.25) is 0 Å². The second-order valence-electron chi connectivity index (χ2n) is 17.1. The highest BCUT2D eigenvalue weighted by atomic mass is 16.5. The predicted octanol–water partition coefficient (Wildman–Crippen LogP) is 3.52. The summed E-state index contributed by atoms with van der Waals surface area (Å²) in [5.74, 6) is -1.41. The van der Waals surface area contributed by atoms with Crippen molar-refractivity contribution in [1.29, 1.82) is 0 Å². The molecule has 0 aromatic rings. The first-order chi connectivity index (χ1) is 19.9. The zero-order valence-electron chi connectivity index (χ0n) is 29.4. The van der Waals surface area contributed by atoms with Crippen molar-refractivity contribution in [2.45, 2.75) is 136 Å². The van der Waals surface area contributed by atoms with Gasteiger partial charge in [0.15, 0.2) is 0 Å². The molecule has 3 unspecified atom stereocenters. The number of hydroxylamine groups is 2. The standard InChI is InChI=1S/C33H60N4O7/c1-28(2)13-22(31(7,8)34-28)19-42-25(38)16-36(17-26(39)43-20-23-14-29(3,4)35-32(23,9)10)18-27(40)44-21-24-15-30(5,6)37(41)33(24,11)12/h22-24,34-35,41H,13-21H2,1-12H3. The Bertz CT molecular complexity index is 1010. The van der Waals surface area contributed by atoms with Crippen LogP contribution in [-0.2, 0) is 28.6 Å². The quantitative estimate of drug-likeness (QED) is 0.218. The van der Waals surface area contributed by atoms with Gasteiger partial charge in [0.05, 0.1) is 39.5 Å². The zero-order chi connectivity index (χ0) is 33.5. The molecule has 3 atom stereocenters. The molecule has 254 valence electrons. The zero-order valence-corrected chi connectivity index (χ0v) is 29.4. The average molecular weight is 625 g/mol. The molecule has 0 aromatic carbocycles. The van der Waals surface area contributed by atoms with Gasteiger partial charge in [0.25, 0.3) is 0 Å². The molecule has 3 aliphatic rings. The molecule has 0 aliphatic carbocycles. The van der Waals surface area contributed by atoms with Gasteiger partial charge in [-0.05, 0) is 102 Å². The topological polar surface area (TPSA) is 130 Å². The fourth-order valence-corrected chi connectivity index (χ4v) is 7.92. The second kappa shape index (κ2) is 12.8. The van der Waals surface area contributed by atoms with Crippen LogP contribution in [0, 0.1) is 17.8 Å². The van der Waals surface area contributed by atoms with Gasteiger partial charge in [0, 0.05) is 51.0 Å². The molecule has 0 bridgehead atoms. The van der Waals surface area contributed by atoms with Crippen LogP contribution in [0.4, 0.5) is 0 Å². The van der Waals surface area contributed by atoms with Crippen molar-refractivity contribution >= 4 is 17.9 Å². The number of hydrogen-bond acceptors (Lipinski definition) is 11. The van der Waals surface area contributed by atoms with E-state index < -0.39 is 29.0 Å². The summed E-state index contributed by atoms with van der Waals surface area (Å²) in [5, 5.41) is 19.1. The molecule has 3 heterocycles. The van der Waals surface area contributed by atoms with Crippen LogP contribution in [0.5, 0.6) is 0 Å². The molecular weight excluding hydrogens is 564 g/mol. The highest BCUT2D eigenvalue weighted by Crippen LogP contribution is 2.43. The van der Waals surface area contributed by atoms with Gasteiger partial charge < -0.3 is 30.1 Å². The monoisotopic (exact) mass is 624 g/mol. The maximum atomic E-state index is 13.0. The molecule has 0 aromatic heterocycles. The van der Waals surface area contributed by atoms with Crippen molar-refractivity contribution in [3.8, 4) is 0 Å². The lowest BCUT2D eigenvalue weighted by Crippen LogP contribution is -2.48. The Balaban J connectivity index is 1.60. The molecule has 0 spiro atoms. The van der Waals surface area contributed by atoms with E-state index in [1.807, 2.05) is 27.7 Å². The Kier molecular flexibility index (Phi) is 10.7. The minimum absolute atomic E-state index is 0.0606. The van der Waals surface area contributed by atoms with E-state index in [9.17, 15) is 19.6 Å². The van der Waals surface area contributed by atoms with Crippen molar-refractivity contribution < 1.29 is 33.8 Å². The number of nitrogens with one attached hydrogen (secondary N) is 2. The van der Waals surface area contributed by atoms with E-state index in [1.54, 1.807) is 0 Å². The minimum Gasteiger partial charge on any atom is -0.464 e. The lowest BCUT2D eigenvalue weighted by Gasteiger charge is -2.35. The molecule has 44 heavy (non-hydrogen) atoms. The molecule has 0 saturated carbocycles. The highest BCUT2D eigenvalue weighted by Gasteiger charge is 2.52. The molecule has 0 amide bonds. The van der Waals surface area contributed by atoms with Crippen LogP contribution in [0.15, 0.2) is 0 Å². The number of carbonyl (C=O) groups is 3. The number of nitrogens with zero attached hydrogens (tertiary/aromatic N) is 2. The van der Waals surface area contributed by atoms with Gasteiger partial charge in [-0.1, -0.05) is 0 Å². The second-order valence-corrected chi connectivity index (χ2v) is 17.1. The van der Waals surface area contributed by atoms with Crippen LogP contribution >= 0.6 is 0 Å².